The molecule has 1 aromatic carbocycles. The van der Waals surface area contributed by atoms with Crippen molar-refractivity contribution in [2.75, 3.05) is 6.54 Å². The monoisotopic (exact) mass is 390 g/mol. The van der Waals surface area contributed by atoms with Gasteiger partial charge in [-0.3, -0.25) is 14.9 Å². The number of nitrogens with zero attached hydrogens (tertiary/aromatic N) is 2. The fourth-order valence-electron chi connectivity index (χ4n) is 2.52. The van der Waals surface area contributed by atoms with Gasteiger partial charge in [0.1, 0.15) is 0 Å². The average molecular weight is 391 g/mol. The van der Waals surface area contributed by atoms with Crippen LogP contribution < -0.4 is 0 Å². The van der Waals surface area contributed by atoms with Gasteiger partial charge in [-0.25, -0.2) is 0 Å². The molecule has 0 bridgehead atoms. The van der Waals surface area contributed by atoms with E-state index in [0.717, 1.165) is 10.4 Å². The second kappa shape index (κ2) is 8.16. The number of benzene rings is 1. The maximum absolute atomic E-state index is 13.0. The van der Waals surface area contributed by atoms with Crippen molar-refractivity contribution in [1.82, 2.24) is 4.90 Å². The number of hydrogen-bond acceptors (Lipinski definition) is 5. The zero-order chi connectivity index (χ0) is 18.5. The lowest BCUT2D eigenvalue weighted by molar-refractivity contribution is -0.384. The first kappa shape index (κ1) is 18.2. The first-order valence-electron chi connectivity index (χ1n) is 7.81. The van der Waals surface area contributed by atoms with Crippen molar-refractivity contribution in [3.8, 4) is 0 Å². The third-order valence-corrected chi connectivity index (χ3v) is 5.11. The van der Waals surface area contributed by atoms with E-state index in [1.807, 2.05) is 17.5 Å². The predicted octanol–water partition coefficient (Wildman–Crippen LogP) is 4.79. The Kier molecular flexibility index (Phi) is 5.70. The molecule has 0 N–H and O–H groups in total. The molecule has 134 valence electrons. The number of hydrogen-bond donors (Lipinski definition) is 0. The molecule has 0 atom stereocenters. The van der Waals surface area contributed by atoms with Gasteiger partial charge in [0.05, 0.1) is 28.0 Å². The summed E-state index contributed by atoms with van der Waals surface area (Å²) in [7, 11) is 0. The highest BCUT2D eigenvalue weighted by molar-refractivity contribution is 7.09. The predicted molar refractivity (Wildman–Crippen MR) is 99.6 cm³/mol. The van der Waals surface area contributed by atoms with Crippen molar-refractivity contribution in [3.05, 3.63) is 85.4 Å². The number of carbonyl (C=O) groups excluding carboxylic acids is 1. The summed E-state index contributed by atoms with van der Waals surface area (Å²) in [5.74, 6) is -0.351. The molecule has 3 rings (SSSR count). The number of amides is 1. The lowest BCUT2D eigenvalue weighted by Crippen LogP contribution is -2.32. The van der Waals surface area contributed by atoms with Crippen molar-refractivity contribution < 1.29 is 14.1 Å². The van der Waals surface area contributed by atoms with Gasteiger partial charge < -0.3 is 9.32 Å². The Morgan fingerprint density at radius 2 is 2.15 bits per heavy atom. The molecular weight excluding hydrogens is 376 g/mol. The molecule has 6 nitrogen and oxygen atoms in total. The number of non-ortho nitro benzene ring substituents is 1. The van der Waals surface area contributed by atoms with Crippen molar-refractivity contribution in [2.24, 2.45) is 0 Å². The third-order valence-electron chi connectivity index (χ3n) is 3.84. The second-order valence-corrected chi connectivity index (χ2v) is 7.05. The minimum atomic E-state index is -0.542. The standard InChI is InChI=1S/C18H15ClN2O4S/c19-17-4-3-14(21(23)24)10-16(17)18(22)20(11-13-6-8-25-12-13)7-5-15-2-1-9-26-15/h1-4,6,8-10,12H,5,7,11H2. The molecule has 0 radical (unpaired) electrons. The van der Waals surface area contributed by atoms with E-state index in [4.69, 9.17) is 16.0 Å². The Morgan fingerprint density at radius 1 is 1.31 bits per heavy atom. The highest BCUT2D eigenvalue weighted by Gasteiger charge is 2.22. The molecule has 8 heteroatoms. The van der Waals surface area contributed by atoms with Gasteiger partial charge in [0, 0.05) is 35.7 Å². The van der Waals surface area contributed by atoms with Crippen molar-refractivity contribution in [2.45, 2.75) is 13.0 Å². The first-order valence-corrected chi connectivity index (χ1v) is 9.07. The molecule has 0 fully saturated rings. The molecule has 2 aromatic heterocycles. The van der Waals surface area contributed by atoms with Gasteiger partial charge in [-0.15, -0.1) is 11.3 Å². The van der Waals surface area contributed by atoms with E-state index in [-0.39, 0.29) is 22.2 Å². The number of carbonyl (C=O) groups is 1. The number of halogens is 1. The summed E-state index contributed by atoms with van der Waals surface area (Å²) in [6, 6.07) is 9.62. The van der Waals surface area contributed by atoms with Crippen LogP contribution in [0.2, 0.25) is 5.02 Å². The fourth-order valence-corrected chi connectivity index (χ4v) is 3.41. The Labute approximate surface area is 158 Å². The van der Waals surface area contributed by atoms with Gasteiger partial charge >= 0.3 is 0 Å². The van der Waals surface area contributed by atoms with Crippen molar-refractivity contribution >= 4 is 34.5 Å². The summed E-state index contributed by atoms with van der Waals surface area (Å²) < 4.78 is 5.07. The normalized spacial score (nSPS) is 10.7. The van der Waals surface area contributed by atoms with Crippen LogP contribution in [0, 0.1) is 10.1 Å². The molecule has 0 saturated heterocycles. The van der Waals surface area contributed by atoms with Gasteiger partial charge in [0.15, 0.2) is 0 Å². The SMILES string of the molecule is O=C(c1cc([N+](=O)[O-])ccc1Cl)N(CCc1cccs1)Cc1ccoc1. The van der Waals surface area contributed by atoms with Crippen molar-refractivity contribution in [3.63, 3.8) is 0 Å². The zero-order valence-electron chi connectivity index (χ0n) is 13.6. The second-order valence-electron chi connectivity index (χ2n) is 5.61. The molecule has 2 heterocycles. The molecule has 0 saturated carbocycles. The molecule has 0 unspecified atom stereocenters. The van der Waals surface area contributed by atoms with Crippen LogP contribution in [0.25, 0.3) is 0 Å². The summed E-state index contributed by atoms with van der Waals surface area (Å²) >= 11 is 7.75. The van der Waals surface area contributed by atoms with E-state index in [9.17, 15) is 14.9 Å². The van der Waals surface area contributed by atoms with Gasteiger partial charge in [0.25, 0.3) is 11.6 Å². The number of nitro groups is 1. The van der Waals surface area contributed by atoms with E-state index in [0.29, 0.717) is 19.5 Å². The first-order chi connectivity index (χ1) is 12.5. The van der Waals surface area contributed by atoms with E-state index < -0.39 is 4.92 Å². The Balaban J connectivity index is 1.85. The van der Waals surface area contributed by atoms with Gasteiger partial charge in [-0.1, -0.05) is 17.7 Å². The summed E-state index contributed by atoms with van der Waals surface area (Å²) in [6.45, 7) is 0.795. The summed E-state index contributed by atoms with van der Waals surface area (Å²) in [4.78, 5) is 26.3. The molecule has 0 spiro atoms. The highest BCUT2D eigenvalue weighted by atomic mass is 35.5. The number of thiophene rings is 1. The quantitative estimate of drug-likeness (QED) is 0.429. The van der Waals surface area contributed by atoms with Crippen molar-refractivity contribution in [1.29, 1.82) is 0 Å². The van der Waals surface area contributed by atoms with Crippen LogP contribution in [0.5, 0.6) is 0 Å². The topological polar surface area (TPSA) is 76.6 Å². The maximum atomic E-state index is 13.0. The van der Waals surface area contributed by atoms with Crippen LogP contribution in [0.4, 0.5) is 5.69 Å². The number of nitro benzene ring substituents is 1. The summed E-state index contributed by atoms with van der Waals surface area (Å²) in [5, 5.41) is 13.2. The molecule has 0 aliphatic carbocycles. The summed E-state index contributed by atoms with van der Waals surface area (Å²) in [5.41, 5.74) is 0.792. The lowest BCUT2D eigenvalue weighted by Gasteiger charge is -2.22. The van der Waals surface area contributed by atoms with Gasteiger partial charge in [0.2, 0.25) is 0 Å². The number of furan rings is 1. The summed E-state index contributed by atoms with van der Waals surface area (Å²) in [6.07, 6.45) is 3.80. The van der Waals surface area contributed by atoms with E-state index in [2.05, 4.69) is 0 Å². The minimum absolute atomic E-state index is 0.121. The van der Waals surface area contributed by atoms with Crippen LogP contribution in [-0.2, 0) is 13.0 Å². The van der Waals surface area contributed by atoms with E-state index in [1.54, 1.807) is 28.6 Å². The minimum Gasteiger partial charge on any atom is -0.472 e. The van der Waals surface area contributed by atoms with E-state index in [1.165, 1.54) is 24.5 Å². The van der Waals surface area contributed by atoms with Crippen LogP contribution in [0.3, 0.4) is 0 Å². The van der Waals surface area contributed by atoms with Crippen LogP contribution in [0.15, 0.2) is 58.7 Å². The van der Waals surface area contributed by atoms with Gasteiger partial charge in [-0.2, -0.15) is 0 Å². The van der Waals surface area contributed by atoms with Gasteiger partial charge in [-0.05, 0) is 30.0 Å². The Bertz CT molecular complexity index is 894. The maximum Gasteiger partial charge on any atom is 0.270 e. The van der Waals surface area contributed by atoms with Crippen LogP contribution in [-0.4, -0.2) is 22.3 Å². The fraction of sp³-hybridized carbons (Fsp3) is 0.167. The molecule has 0 aliphatic rings. The number of rotatable bonds is 7. The van der Waals surface area contributed by atoms with Crippen LogP contribution >= 0.6 is 22.9 Å². The smallest absolute Gasteiger partial charge is 0.270 e. The molecular formula is C18H15ClN2O4S. The Hall–Kier alpha value is -2.64. The molecule has 26 heavy (non-hydrogen) atoms. The lowest BCUT2D eigenvalue weighted by atomic mass is 10.1. The zero-order valence-corrected chi connectivity index (χ0v) is 15.2. The van der Waals surface area contributed by atoms with E-state index >= 15 is 0 Å². The third kappa shape index (κ3) is 4.30. The van der Waals surface area contributed by atoms with Crippen LogP contribution in [0.1, 0.15) is 20.8 Å². The largest absolute Gasteiger partial charge is 0.472 e. The molecule has 1 amide bonds. The molecule has 3 aromatic rings. The highest BCUT2D eigenvalue weighted by Crippen LogP contribution is 2.24. The molecule has 0 aliphatic heterocycles. The Morgan fingerprint density at radius 3 is 2.81 bits per heavy atom. The average Bonchev–Trinajstić information content (AvgIpc) is 3.32.